The summed E-state index contributed by atoms with van der Waals surface area (Å²) in [6, 6.07) is 0. The number of aliphatic carboxylic acids is 1. The Labute approximate surface area is 58.1 Å². The van der Waals surface area contributed by atoms with Gasteiger partial charge in [0.2, 0.25) is 0 Å². The van der Waals surface area contributed by atoms with Crippen molar-refractivity contribution in [1.29, 1.82) is 0 Å². The van der Waals surface area contributed by atoms with E-state index in [1.54, 1.807) is 0 Å². The Kier molecular flexibility index (Phi) is 2.65. The standard InChI is InChI=1S/C3H7NO2S2/c4-3(7,8)1-2(5)6/h7-8H,1,4H2,(H,5,6). The summed E-state index contributed by atoms with van der Waals surface area (Å²) in [6.07, 6.45) is -0.251. The highest BCUT2D eigenvalue weighted by atomic mass is 32.2. The third-order valence-electron chi connectivity index (χ3n) is 0.411. The third kappa shape index (κ3) is 6.13. The molecule has 0 aromatic heterocycles. The summed E-state index contributed by atoms with van der Waals surface area (Å²) < 4.78 is -1.19. The van der Waals surface area contributed by atoms with Gasteiger partial charge in [-0.25, -0.2) is 0 Å². The van der Waals surface area contributed by atoms with Crippen molar-refractivity contribution in [2.45, 2.75) is 10.6 Å². The second-order valence-electron chi connectivity index (χ2n) is 1.45. The molecule has 0 amide bonds. The quantitative estimate of drug-likeness (QED) is 0.332. The average Bonchev–Trinajstić information content (AvgIpc) is 1.21. The van der Waals surface area contributed by atoms with E-state index in [0.717, 1.165) is 0 Å². The van der Waals surface area contributed by atoms with Crippen molar-refractivity contribution in [3.63, 3.8) is 0 Å². The van der Waals surface area contributed by atoms with Crippen LogP contribution in [0.2, 0.25) is 0 Å². The lowest BCUT2D eigenvalue weighted by atomic mass is 10.4. The molecule has 0 bridgehead atoms. The first-order chi connectivity index (χ1) is 3.42. The maximum atomic E-state index is 9.84. The summed E-state index contributed by atoms with van der Waals surface area (Å²) in [4.78, 5) is 9.84. The number of carboxylic acids is 1. The van der Waals surface area contributed by atoms with E-state index < -0.39 is 10.2 Å². The first-order valence-corrected chi connectivity index (χ1v) is 2.77. The fourth-order valence-corrected chi connectivity index (χ4v) is 0.493. The molecule has 3 nitrogen and oxygen atoms in total. The average molecular weight is 153 g/mol. The number of carboxylic acid groups (broad SMARTS) is 1. The van der Waals surface area contributed by atoms with Crippen LogP contribution in [0.25, 0.3) is 0 Å². The Morgan fingerprint density at radius 3 is 2.12 bits per heavy atom. The number of carbonyl (C=O) groups is 1. The summed E-state index contributed by atoms with van der Waals surface area (Å²) in [5, 5.41) is 8.07. The molecule has 0 rings (SSSR count). The molecule has 0 saturated heterocycles. The first kappa shape index (κ1) is 8.13. The monoisotopic (exact) mass is 153 g/mol. The molecule has 0 aromatic carbocycles. The number of thiol groups is 2. The molecule has 0 aliphatic heterocycles. The van der Waals surface area contributed by atoms with Crippen LogP contribution in [-0.4, -0.2) is 15.3 Å². The zero-order valence-electron chi connectivity index (χ0n) is 4.03. The predicted octanol–water partition coefficient (Wildman–Crippen LogP) is -0.0668. The van der Waals surface area contributed by atoms with Crippen LogP contribution in [0.15, 0.2) is 0 Å². The second kappa shape index (κ2) is 2.61. The lowest BCUT2D eigenvalue weighted by Crippen LogP contribution is -2.28. The zero-order chi connectivity index (χ0) is 6.78. The van der Waals surface area contributed by atoms with E-state index in [4.69, 9.17) is 10.8 Å². The van der Waals surface area contributed by atoms with E-state index in [0.29, 0.717) is 0 Å². The summed E-state index contributed by atoms with van der Waals surface area (Å²) in [7, 11) is 0. The molecule has 3 N–H and O–H groups in total. The van der Waals surface area contributed by atoms with Crippen LogP contribution < -0.4 is 5.73 Å². The molecule has 48 valence electrons. The highest BCUT2D eigenvalue weighted by Gasteiger charge is 2.16. The van der Waals surface area contributed by atoms with E-state index in [2.05, 4.69) is 25.3 Å². The van der Waals surface area contributed by atoms with Crippen LogP contribution in [0.3, 0.4) is 0 Å². The molecule has 0 fully saturated rings. The second-order valence-corrected chi connectivity index (χ2v) is 3.40. The van der Waals surface area contributed by atoms with E-state index in [1.165, 1.54) is 0 Å². The molecule has 0 aromatic rings. The van der Waals surface area contributed by atoms with Crippen LogP contribution in [0, 0.1) is 0 Å². The maximum absolute atomic E-state index is 9.84. The van der Waals surface area contributed by atoms with Crippen molar-refractivity contribution in [1.82, 2.24) is 0 Å². The minimum Gasteiger partial charge on any atom is -0.481 e. The van der Waals surface area contributed by atoms with Gasteiger partial charge in [-0.3, -0.25) is 4.79 Å². The highest BCUT2D eigenvalue weighted by molar-refractivity contribution is 8.00. The fraction of sp³-hybridized carbons (Fsp3) is 0.667. The van der Waals surface area contributed by atoms with Gasteiger partial charge >= 0.3 is 5.97 Å². The van der Waals surface area contributed by atoms with Gasteiger partial charge in [-0.1, -0.05) is 0 Å². The van der Waals surface area contributed by atoms with Gasteiger partial charge in [-0.05, 0) is 0 Å². The molecule has 0 atom stereocenters. The van der Waals surface area contributed by atoms with Gasteiger partial charge in [-0.2, -0.15) is 0 Å². The fourth-order valence-electron chi connectivity index (χ4n) is 0.223. The van der Waals surface area contributed by atoms with Crippen LogP contribution in [0.4, 0.5) is 0 Å². The van der Waals surface area contributed by atoms with Crippen LogP contribution in [-0.2, 0) is 4.79 Å². The maximum Gasteiger partial charge on any atom is 0.306 e. The van der Waals surface area contributed by atoms with Crippen molar-refractivity contribution < 1.29 is 9.90 Å². The van der Waals surface area contributed by atoms with Crippen LogP contribution in [0.1, 0.15) is 6.42 Å². The summed E-state index contributed by atoms with van der Waals surface area (Å²) >= 11 is 7.31. The molecule has 5 heteroatoms. The van der Waals surface area contributed by atoms with E-state index in [1.807, 2.05) is 0 Å². The van der Waals surface area contributed by atoms with Crippen molar-refractivity contribution in [2.24, 2.45) is 5.73 Å². The molecule has 0 unspecified atom stereocenters. The van der Waals surface area contributed by atoms with Gasteiger partial charge in [-0.15, -0.1) is 25.3 Å². The molecule has 8 heavy (non-hydrogen) atoms. The third-order valence-corrected chi connectivity index (χ3v) is 0.728. The van der Waals surface area contributed by atoms with Crippen molar-refractivity contribution in [3.05, 3.63) is 0 Å². The van der Waals surface area contributed by atoms with Crippen LogP contribution in [0.5, 0.6) is 0 Å². The molecule has 0 aliphatic rings. The van der Waals surface area contributed by atoms with Gasteiger partial charge in [0.05, 0.1) is 6.42 Å². The summed E-state index contributed by atoms with van der Waals surface area (Å²) in [5.41, 5.74) is 5.08. The van der Waals surface area contributed by atoms with E-state index >= 15 is 0 Å². The Balaban J connectivity index is 3.55. The van der Waals surface area contributed by atoms with Crippen molar-refractivity contribution in [2.75, 3.05) is 0 Å². The van der Waals surface area contributed by atoms with Crippen molar-refractivity contribution >= 4 is 31.2 Å². The smallest absolute Gasteiger partial charge is 0.306 e. The zero-order valence-corrected chi connectivity index (χ0v) is 5.82. The van der Waals surface area contributed by atoms with Gasteiger partial charge in [0.15, 0.2) is 0 Å². The number of rotatable bonds is 2. The van der Waals surface area contributed by atoms with Crippen LogP contribution >= 0.6 is 25.3 Å². The predicted molar refractivity (Wildman–Crippen MR) is 37.1 cm³/mol. The first-order valence-electron chi connectivity index (χ1n) is 1.87. The SMILES string of the molecule is NC(S)(S)CC(=O)O. The molecule has 0 saturated carbocycles. The van der Waals surface area contributed by atoms with Gasteiger partial charge < -0.3 is 10.8 Å². The molecular formula is C3H7NO2S2. The summed E-state index contributed by atoms with van der Waals surface area (Å²) in [6.45, 7) is 0. The molecule has 0 radical (unpaired) electrons. The topological polar surface area (TPSA) is 63.3 Å². The van der Waals surface area contributed by atoms with Gasteiger partial charge in [0, 0.05) is 0 Å². The number of hydrogen-bond donors (Lipinski definition) is 4. The van der Waals surface area contributed by atoms with E-state index in [-0.39, 0.29) is 6.42 Å². The Hall–Kier alpha value is 0.130. The van der Waals surface area contributed by atoms with Crippen molar-refractivity contribution in [3.8, 4) is 0 Å². The minimum absolute atomic E-state index is 0.251. The summed E-state index contributed by atoms with van der Waals surface area (Å²) in [5.74, 6) is -1.00. The lowest BCUT2D eigenvalue weighted by Gasteiger charge is -2.11. The Morgan fingerprint density at radius 2 is 2.12 bits per heavy atom. The number of nitrogens with two attached hydrogens (primary N) is 1. The molecular weight excluding hydrogens is 146 g/mol. The van der Waals surface area contributed by atoms with Gasteiger partial charge in [0.1, 0.15) is 4.20 Å². The normalized spacial score (nSPS) is 11.4. The lowest BCUT2D eigenvalue weighted by molar-refractivity contribution is -0.137. The Morgan fingerprint density at radius 1 is 1.75 bits per heavy atom. The largest absolute Gasteiger partial charge is 0.481 e. The number of hydrogen-bond acceptors (Lipinski definition) is 4. The molecule has 0 heterocycles. The highest BCUT2D eigenvalue weighted by Crippen LogP contribution is 2.15. The van der Waals surface area contributed by atoms with E-state index in [9.17, 15) is 4.79 Å². The molecule has 0 aliphatic carbocycles. The molecule has 0 spiro atoms. The minimum atomic E-state index is -1.19. The Bertz CT molecular complexity index is 97.9. The van der Waals surface area contributed by atoms with Gasteiger partial charge in [0.25, 0.3) is 0 Å².